The van der Waals surface area contributed by atoms with Crippen molar-refractivity contribution < 1.29 is 57.5 Å². The summed E-state index contributed by atoms with van der Waals surface area (Å²) in [6.45, 7) is 4.81. The summed E-state index contributed by atoms with van der Waals surface area (Å²) < 4.78 is 5.76. The van der Waals surface area contributed by atoms with Crippen LogP contribution in [0.1, 0.15) is 20.7 Å². The summed E-state index contributed by atoms with van der Waals surface area (Å²) in [6.07, 6.45) is 3.97. The second kappa shape index (κ2) is 6.26. The van der Waals surface area contributed by atoms with Crippen molar-refractivity contribution in [2.24, 2.45) is 0 Å². The van der Waals surface area contributed by atoms with E-state index in [2.05, 4.69) is 12.3 Å². The Balaban J connectivity index is 0. The summed E-state index contributed by atoms with van der Waals surface area (Å²) in [5.41, 5.74) is 2.12. The van der Waals surface area contributed by atoms with Gasteiger partial charge in [-0.2, -0.15) is 0 Å². The van der Waals surface area contributed by atoms with Crippen LogP contribution in [0.4, 0.5) is 0 Å². The van der Waals surface area contributed by atoms with Gasteiger partial charge in [0.2, 0.25) is 0 Å². The van der Waals surface area contributed by atoms with E-state index >= 15 is 0 Å². The summed E-state index contributed by atoms with van der Waals surface area (Å²) in [6, 6.07) is 0. The molecule has 0 spiro atoms. The minimum absolute atomic E-state index is 0. The number of rotatable bonds is 2. The Hall–Kier alpha value is 1.77. The fourth-order valence-corrected chi connectivity index (χ4v) is 4.21. The third kappa shape index (κ3) is 4.52. The number of hydrogen-bond acceptors (Lipinski definition) is 1. The Morgan fingerprint density at radius 3 is 2.82 bits per heavy atom. The van der Waals surface area contributed by atoms with Crippen molar-refractivity contribution in [1.29, 1.82) is 0 Å². The molecule has 1 atom stereocenters. The molecule has 0 aromatic rings. The molecule has 1 nitrogen and oxygen atoms in total. The van der Waals surface area contributed by atoms with Crippen molar-refractivity contribution in [3.05, 3.63) is 12.3 Å². The van der Waals surface area contributed by atoms with Crippen LogP contribution in [0.5, 0.6) is 0 Å². The van der Waals surface area contributed by atoms with Crippen LogP contribution < -0.4 is 51.4 Å². The van der Waals surface area contributed by atoms with Gasteiger partial charge in [0.1, 0.15) is 0 Å². The summed E-state index contributed by atoms with van der Waals surface area (Å²) in [5, 5.41) is 0. The standard InChI is InChI=1S/C7H16OSi2.K.H/c1-2-10-7(9)5-3-4-6-8-7;;/h2H,1,3-6,10H2,9H3;;/q;+1;-1. The van der Waals surface area contributed by atoms with Gasteiger partial charge in [-0.3, -0.25) is 0 Å². The van der Waals surface area contributed by atoms with E-state index in [0.29, 0.717) is 4.85 Å². The van der Waals surface area contributed by atoms with E-state index in [4.69, 9.17) is 4.74 Å². The van der Waals surface area contributed by atoms with Gasteiger partial charge >= 0.3 is 51.4 Å². The smallest absolute Gasteiger partial charge is 1.00 e. The maximum absolute atomic E-state index is 5.76. The fraction of sp³-hybridized carbons (Fsp3) is 0.714. The molecule has 1 heterocycles. The molecule has 1 rings (SSSR count). The normalized spacial score (nSPS) is 32.0. The molecule has 1 aliphatic rings. The predicted molar refractivity (Wildman–Crippen MR) is 52.3 cm³/mol. The molecule has 4 heteroatoms. The molecular weight excluding hydrogens is 195 g/mol. The number of ether oxygens (including phenoxy) is 1. The third-order valence-corrected chi connectivity index (χ3v) is 5.85. The van der Waals surface area contributed by atoms with Gasteiger partial charge in [-0.1, -0.05) is 0 Å². The molecule has 1 saturated heterocycles. The van der Waals surface area contributed by atoms with Gasteiger partial charge in [-0.15, -0.1) is 12.3 Å². The van der Waals surface area contributed by atoms with Crippen LogP contribution in [0.2, 0.25) is 0 Å². The quantitative estimate of drug-likeness (QED) is 0.435. The van der Waals surface area contributed by atoms with Crippen LogP contribution in [-0.2, 0) is 4.74 Å². The van der Waals surface area contributed by atoms with Crippen molar-refractivity contribution in [3.63, 3.8) is 0 Å². The molecule has 0 saturated carbocycles. The third-order valence-electron chi connectivity index (χ3n) is 2.13. The predicted octanol–water partition coefficient (Wildman–Crippen LogP) is -3.37. The van der Waals surface area contributed by atoms with Crippen LogP contribution >= 0.6 is 0 Å². The Morgan fingerprint density at radius 2 is 2.36 bits per heavy atom. The van der Waals surface area contributed by atoms with Gasteiger partial charge in [-0.25, -0.2) is 0 Å². The van der Waals surface area contributed by atoms with Crippen molar-refractivity contribution in [2.75, 3.05) is 6.61 Å². The van der Waals surface area contributed by atoms with Crippen LogP contribution in [0.3, 0.4) is 0 Å². The zero-order valence-corrected chi connectivity index (χ0v) is 14.3. The Morgan fingerprint density at radius 1 is 1.64 bits per heavy atom. The topological polar surface area (TPSA) is 9.23 Å². The molecule has 0 bridgehead atoms. The van der Waals surface area contributed by atoms with E-state index in [0.717, 1.165) is 6.61 Å². The second-order valence-electron chi connectivity index (χ2n) is 3.25. The summed E-state index contributed by atoms with van der Waals surface area (Å²) in [4.78, 5) is 0.389. The molecule has 1 aliphatic heterocycles. The molecular formula is C7H17KOSi2. The minimum atomic E-state index is -0.117. The molecule has 1 fully saturated rings. The molecule has 0 aromatic carbocycles. The SMILES string of the molecule is C=C[SiH2]C1([SiH3])CCCCO1.[H-].[K+]. The number of hydrogen-bond donors (Lipinski definition) is 0. The van der Waals surface area contributed by atoms with Crippen LogP contribution in [0, 0.1) is 0 Å². The average Bonchev–Trinajstić information content (AvgIpc) is 1.89. The van der Waals surface area contributed by atoms with E-state index in [1.807, 2.05) is 0 Å². The first-order valence-corrected chi connectivity index (χ1v) is 6.54. The molecule has 0 amide bonds. The molecule has 0 N–H and O–H groups in total. The first-order chi connectivity index (χ1) is 4.77. The monoisotopic (exact) mass is 212 g/mol. The summed E-state index contributed by atoms with van der Waals surface area (Å²) in [7, 11) is 1.09. The first kappa shape index (κ1) is 12.8. The zero-order chi connectivity index (χ0) is 7.45. The van der Waals surface area contributed by atoms with Gasteiger partial charge in [-0.05, 0) is 19.3 Å². The molecule has 0 aliphatic carbocycles. The van der Waals surface area contributed by atoms with Crippen molar-refractivity contribution in [1.82, 2.24) is 0 Å². The van der Waals surface area contributed by atoms with Crippen LogP contribution in [0.25, 0.3) is 0 Å². The zero-order valence-electron chi connectivity index (χ0n) is 8.73. The van der Waals surface area contributed by atoms with E-state index in [-0.39, 0.29) is 62.3 Å². The van der Waals surface area contributed by atoms with E-state index in [9.17, 15) is 0 Å². The molecule has 60 valence electrons. The Bertz CT molecular complexity index is 129. The van der Waals surface area contributed by atoms with Gasteiger partial charge in [0.15, 0.2) is 0 Å². The van der Waals surface area contributed by atoms with Crippen LogP contribution in [-0.4, -0.2) is 31.2 Å². The van der Waals surface area contributed by atoms with Crippen molar-refractivity contribution in [3.8, 4) is 0 Å². The first-order valence-electron chi connectivity index (χ1n) is 4.02. The second-order valence-corrected chi connectivity index (χ2v) is 8.97. The van der Waals surface area contributed by atoms with E-state index < -0.39 is 0 Å². The molecule has 11 heavy (non-hydrogen) atoms. The maximum Gasteiger partial charge on any atom is 1.00 e. The average molecular weight is 212 g/mol. The van der Waals surface area contributed by atoms with E-state index in [1.165, 1.54) is 29.5 Å². The van der Waals surface area contributed by atoms with Crippen LogP contribution in [0.15, 0.2) is 12.3 Å². The maximum atomic E-state index is 5.76. The molecule has 0 aromatic heterocycles. The van der Waals surface area contributed by atoms with Crippen molar-refractivity contribution in [2.45, 2.75) is 24.1 Å². The summed E-state index contributed by atoms with van der Waals surface area (Å²) >= 11 is 0. The minimum Gasteiger partial charge on any atom is -1.00 e. The van der Waals surface area contributed by atoms with E-state index in [1.54, 1.807) is 0 Å². The molecule has 0 radical (unpaired) electrons. The largest absolute Gasteiger partial charge is 1.00 e. The summed E-state index contributed by atoms with van der Waals surface area (Å²) in [5.74, 6) is 0. The molecule has 1 unspecified atom stereocenters. The Labute approximate surface area is 118 Å². The van der Waals surface area contributed by atoms with Gasteiger partial charge in [0.05, 0.1) is 9.52 Å². The van der Waals surface area contributed by atoms with Crippen molar-refractivity contribution >= 4 is 19.8 Å². The fourth-order valence-electron chi connectivity index (χ4n) is 1.46. The van der Waals surface area contributed by atoms with Gasteiger partial charge in [0, 0.05) is 21.7 Å². The Kier molecular flexibility index (Phi) is 7.27. The van der Waals surface area contributed by atoms with Gasteiger partial charge in [0.25, 0.3) is 0 Å². The van der Waals surface area contributed by atoms with Gasteiger partial charge < -0.3 is 6.16 Å².